The van der Waals surface area contributed by atoms with E-state index in [4.69, 9.17) is 0 Å². The fourth-order valence-electron chi connectivity index (χ4n) is 2.17. The van der Waals surface area contributed by atoms with Gasteiger partial charge in [0.1, 0.15) is 5.75 Å². The van der Waals surface area contributed by atoms with Gasteiger partial charge in [-0.25, -0.2) is 0 Å². The third-order valence-electron chi connectivity index (χ3n) is 3.27. The molecule has 3 nitrogen and oxygen atoms in total. The van der Waals surface area contributed by atoms with Crippen LogP contribution in [-0.2, 0) is 0 Å². The summed E-state index contributed by atoms with van der Waals surface area (Å²) in [6.07, 6.45) is 2.11. The quantitative estimate of drug-likeness (QED) is 0.853. The van der Waals surface area contributed by atoms with Crippen LogP contribution in [-0.4, -0.2) is 33.8 Å². The molecule has 17 heavy (non-hydrogen) atoms. The highest BCUT2D eigenvalue weighted by atomic mass is 79.9. The lowest BCUT2D eigenvalue weighted by Crippen LogP contribution is -2.36. The highest BCUT2D eigenvalue weighted by Crippen LogP contribution is 2.24. The minimum Gasteiger partial charge on any atom is -0.508 e. The van der Waals surface area contributed by atoms with Gasteiger partial charge in [-0.1, -0.05) is 22.0 Å². The molecule has 1 saturated heterocycles. The molecule has 1 amide bonds. The Labute approximate surface area is 110 Å². The zero-order valence-corrected chi connectivity index (χ0v) is 11.4. The van der Waals surface area contributed by atoms with E-state index in [1.54, 1.807) is 18.2 Å². The Balaban J connectivity index is 2.21. The van der Waals surface area contributed by atoms with Gasteiger partial charge in [0.05, 0.1) is 0 Å². The average molecular weight is 298 g/mol. The summed E-state index contributed by atoms with van der Waals surface area (Å²) in [5.41, 5.74) is 1.36. The first-order chi connectivity index (χ1) is 8.13. The van der Waals surface area contributed by atoms with E-state index in [2.05, 4.69) is 15.9 Å². The zero-order valence-electron chi connectivity index (χ0n) is 9.82. The number of benzene rings is 1. The lowest BCUT2D eigenvalue weighted by Gasteiger charge is -2.23. The highest BCUT2D eigenvalue weighted by molar-refractivity contribution is 9.09. The van der Waals surface area contributed by atoms with Crippen molar-refractivity contribution in [3.05, 3.63) is 29.3 Å². The molecule has 4 heteroatoms. The summed E-state index contributed by atoms with van der Waals surface area (Å²) in [7, 11) is 0. The molecule has 1 aliphatic rings. The minimum atomic E-state index is 0.0160. The Kier molecular flexibility index (Phi) is 3.72. The molecule has 2 rings (SSSR count). The van der Waals surface area contributed by atoms with Crippen LogP contribution in [0.25, 0.3) is 0 Å². The van der Waals surface area contributed by atoms with Crippen LogP contribution in [0.4, 0.5) is 0 Å². The zero-order chi connectivity index (χ0) is 12.4. The van der Waals surface area contributed by atoms with Crippen molar-refractivity contribution < 1.29 is 9.90 Å². The van der Waals surface area contributed by atoms with Crippen molar-refractivity contribution in [3.8, 4) is 5.75 Å². The summed E-state index contributed by atoms with van der Waals surface area (Å²) >= 11 is 3.44. The van der Waals surface area contributed by atoms with Crippen molar-refractivity contribution >= 4 is 21.8 Å². The van der Waals surface area contributed by atoms with E-state index in [9.17, 15) is 9.90 Å². The average Bonchev–Trinajstić information content (AvgIpc) is 2.80. The molecule has 0 bridgehead atoms. The summed E-state index contributed by atoms with van der Waals surface area (Å²) in [5, 5.41) is 10.5. The van der Waals surface area contributed by atoms with Crippen molar-refractivity contribution in [1.29, 1.82) is 0 Å². The van der Waals surface area contributed by atoms with Crippen LogP contribution in [0.2, 0.25) is 0 Å². The van der Waals surface area contributed by atoms with Crippen molar-refractivity contribution in [2.75, 3.05) is 11.9 Å². The number of hydrogen-bond donors (Lipinski definition) is 1. The smallest absolute Gasteiger partial charge is 0.254 e. The summed E-state index contributed by atoms with van der Waals surface area (Å²) in [4.78, 5) is 14.2. The van der Waals surface area contributed by atoms with Crippen molar-refractivity contribution in [2.45, 2.75) is 25.8 Å². The number of halogens is 1. The number of likely N-dealkylation sites (tertiary alicyclic amines) is 1. The second kappa shape index (κ2) is 5.08. The lowest BCUT2D eigenvalue weighted by molar-refractivity contribution is 0.0750. The molecule has 1 unspecified atom stereocenters. The Morgan fingerprint density at radius 2 is 2.35 bits per heavy atom. The maximum absolute atomic E-state index is 12.3. The molecule has 92 valence electrons. The van der Waals surface area contributed by atoms with E-state index in [1.807, 2.05) is 11.8 Å². The van der Waals surface area contributed by atoms with Crippen LogP contribution >= 0.6 is 15.9 Å². The highest BCUT2D eigenvalue weighted by Gasteiger charge is 2.28. The SMILES string of the molecule is Cc1ccc(C(=O)N2CCCC2CBr)cc1O. The number of rotatable bonds is 2. The number of carbonyl (C=O) groups is 1. The Morgan fingerprint density at radius 3 is 3.00 bits per heavy atom. The van der Waals surface area contributed by atoms with Crippen molar-refractivity contribution in [1.82, 2.24) is 4.90 Å². The van der Waals surface area contributed by atoms with E-state index in [0.717, 1.165) is 30.3 Å². The number of phenolic OH excluding ortho intramolecular Hbond substituents is 1. The third-order valence-corrected chi connectivity index (χ3v) is 4.02. The molecular weight excluding hydrogens is 282 g/mol. The largest absolute Gasteiger partial charge is 0.508 e. The predicted octanol–water partition coefficient (Wildman–Crippen LogP) is 2.70. The molecule has 1 N–H and O–H groups in total. The van der Waals surface area contributed by atoms with E-state index in [0.29, 0.717) is 5.56 Å². The van der Waals surface area contributed by atoms with Gasteiger partial charge in [-0.05, 0) is 37.5 Å². The normalized spacial score (nSPS) is 19.6. The molecule has 0 aromatic heterocycles. The summed E-state index contributed by atoms with van der Waals surface area (Å²) < 4.78 is 0. The molecular formula is C13H16BrNO2. The maximum atomic E-state index is 12.3. The molecule has 1 fully saturated rings. The van der Waals surface area contributed by atoms with E-state index < -0.39 is 0 Å². The first-order valence-electron chi connectivity index (χ1n) is 5.80. The van der Waals surface area contributed by atoms with Gasteiger partial charge in [0.25, 0.3) is 5.91 Å². The Hall–Kier alpha value is -1.03. The van der Waals surface area contributed by atoms with Crippen LogP contribution in [0.15, 0.2) is 18.2 Å². The second-order valence-corrected chi connectivity index (χ2v) is 5.10. The number of carbonyl (C=O) groups excluding carboxylic acids is 1. The number of alkyl halides is 1. The molecule has 0 saturated carbocycles. The number of aryl methyl sites for hydroxylation is 1. The van der Waals surface area contributed by atoms with Gasteiger partial charge in [0, 0.05) is 23.5 Å². The van der Waals surface area contributed by atoms with E-state index >= 15 is 0 Å². The summed E-state index contributed by atoms with van der Waals surface area (Å²) in [5.74, 6) is 0.202. The van der Waals surface area contributed by atoms with E-state index in [-0.39, 0.29) is 17.7 Å². The topological polar surface area (TPSA) is 40.5 Å². The molecule has 0 aliphatic carbocycles. The first kappa shape index (κ1) is 12.4. The molecule has 0 spiro atoms. The molecule has 0 radical (unpaired) electrons. The summed E-state index contributed by atoms with van der Waals surface area (Å²) in [6.45, 7) is 2.63. The minimum absolute atomic E-state index is 0.0160. The molecule has 1 heterocycles. The van der Waals surface area contributed by atoms with Crippen LogP contribution in [0.3, 0.4) is 0 Å². The van der Waals surface area contributed by atoms with Gasteiger partial charge < -0.3 is 10.0 Å². The fourth-order valence-corrected chi connectivity index (χ4v) is 2.85. The third kappa shape index (κ3) is 2.46. The number of hydrogen-bond acceptors (Lipinski definition) is 2. The molecule has 1 aromatic rings. The standard InChI is InChI=1S/C13H16BrNO2/c1-9-4-5-10(7-12(9)16)13(17)15-6-2-3-11(15)8-14/h4-5,7,11,16H,2-3,6,8H2,1H3. The van der Waals surface area contributed by atoms with Crippen LogP contribution in [0.5, 0.6) is 5.75 Å². The maximum Gasteiger partial charge on any atom is 0.254 e. The van der Waals surface area contributed by atoms with Crippen LogP contribution in [0, 0.1) is 6.92 Å². The van der Waals surface area contributed by atoms with Gasteiger partial charge in [-0.3, -0.25) is 4.79 Å². The monoisotopic (exact) mass is 297 g/mol. The summed E-state index contributed by atoms with van der Waals surface area (Å²) in [6, 6.07) is 5.40. The van der Waals surface area contributed by atoms with Gasteiger partial charge in [0.2, 0.25) is 0 Å². The lowest BCUT2D eigenvalue weighted by atomic mass is 10.1. The van der Waals surface area contributed by atoms with Gasteiger partial charge in [-0.2, -0.15) is 0 Å². The number of aromatic hydroxyl groups is 1. The Bertz CT molecular complexity index is 433. The molecule has 1 atom stereocenters. The first-order valence-corrected chi connectivity index (χ1v) is 6.92. The molecule has 1 aliphatic heterocycles. The Morgan fingerprint density at radius 1 is 1.59 bits per heavy atom. The van der Waals surface area contributed by atoms with Gasteiger partial charge in [0.15, 0.2) is 0 Å². The van der Waals surface area contributed by atoms with Crippen molar-refractivity contribution in [2.24, 2.45) is 0 Å². The van der Waals surface area contributed by atoms with Crippen molar-refractivity contribution in [3.63, 3.8) is 0 Å². The number of amides is 1. The van der Waals surface area contributed by atoms with Gasteiger partial charge in [-0.15, -0.1) is 0 Å². The molecule has 1 aromatic carbocycles. The van der Waals surface area contributed by atoms with Gasteiger partial charge >= 0.3 is 0 Å². The van der Waals surface area contributed by atoms with E-state index in [1.165, 1.54) is 0 Å². The van der Waals surface area contributed by atoms with Crippen LogP contribution in [0.1, 0.15) is 28.8 Å². The fraction of sp³-hybridized carbons (Fsp3) is 0.462. The predicted molar refractivity (Wildman–Crippen MR) is 70.7 cm³/mol. The number of nitrogens with zero attached hydrogens (tertiary/aromatic N) is 1. The second-order valence-electron chi connectivity index (χ2n) is 4.45. The van der Waals surface area contributed by atoms with Crippen LogP contribution < -0.4 is 0 Å². The number of phenols is 1.